The lowest BCUT2D eigenvalue weighted by atomic mass is 10.2. The first-order chi connectivity index (χ1) is 12.4. The summed E-state index contributed by atoms with van der Waals surface area (Å²) in [5.74, 6) is -0.521. The summed E-state index contributed by atoms with van der Waals surface area (Å²) in [7, 11) is 0. The fourth-order valence-electron chi connectivity index (χ4n) is 2.23. The van der Waals surface area contributed by atoms with E-state index in [4.69, 9.17) is 16.4 Å². The molecule has 8 nitrogen and oxygen atoms in total. The van der Waals surface area contributed by atoms with Crippen LogP contribution in [-0.2, 0) is 9.59 Å². The van der Waals surface area contributed by atoms with Crippen molar-refractivity contribution in [2.45, 2.75) is 20.0 Å². The van der Waals surface area contributed by atoms with Crippen molar-refractivity contribution in [1.82, 2.24) is 15.2 Å². The van der Waals surface area contributed by atoms with E-state index in [1.807, 2.05) is 0 Å². The second-order valence-corrected chi connectivity index (χ2v) is 6.03. The number of nitrogens with zero attached hydrogens (tertiary/aromatic N) is 3. The molecule has 0 spiro atoms. The summed E-state index contributed by atoms with van der Waals surface area (Å²) < 4.78 is 0. The molecule has 26 heavy (non-hydrogen) atoms. The number of fused-ring (bicyclic) bond motifs is 1. The lowest BCUT2D eigenvalue weighted by Gasteiger charge is -2.14. The number of carbonyl (C=O) groups excluding carboxylic acids is 2. The van der Waals surface area contributed by atoms with E-state index in [9.17, 15) is 9.59 Å². The van der Waals surface area contributed by atoms with Crippen molar-refractivity contribution in [1.29, 1.82) is 0 Å². The molecule has 2 aromatic carbocycles. The second-order valence-electron chi connectivity index (χ2n) is 5.59. The molecule has 0 fully saturated rings. The van der Waals surface area contributed by atoms with Crippen molar-refractivity contribution in [3.63, 3.8) is 0 Å². The van der Waals surface area contributed by atoms with E-state index in [-0.39, 0.29) is 11.8 Å². The van der Waals surface area contributed by atoms with Crippen LogP contribution in [0.2, 0.25) is 5.02 Å². The molecule has 0 aliphatic carbocycles. The number of carbonyl (C=O) groups is 2. The molecule has 1 aromatic heterocycles. The van der Waals surface area contributed by atoms with Gasteiger partial charge in [-0.05, 0) is 54.6 Å². The summed E-state index contributed by atoms with van der Waals surface area (Å²) in [4.78, 5) is 30.0. The van der Waals surface area contributed by atoms with Gasteiger partial charge in [0.05, 0.1) is 0 Å². The highest BCUT2D eigenvalue weighted by Gasteiger charge is 2.17. The summed E-state index contributed by atoms with van der Waals surface area (Å²) in [5.41, 5.74) is 2.39. The maximum Gasteiger partial charge on any atom is 0.267 e. The van der Waals surface area contributed by atoms with E-state index in [1.54, 1.807) is 49.4 Å². The number of hydrogen-bond donors (Lipinski definition) is 2. The molecule has 0 aliphatic heterocycles. The van der Waals surface area contributed by atoms with E-state index in [2.05, 4.69) is 20.9 Å². The maximum atomic E-state index is 12.3. The fourth-order valence-corrected chi connectivity index (χ4v) is 2.40. The van der Waals surface area contributed by atoms with Gasteiger partial charge in [-0.15, -0.1) is 5.10 Å². The largest absolute Gasteiger partial charge is 0.382 e. The van der Waals surface area contributed by atoms with Crippen molar-refractivity contribution in [2.75, 3.05) is 10.6 Å². The van der Waals surface area contributed by atoms with Gasteiger partial charge in [-0.2, -0.15) is 0 Å². The zero-order chi connectivity index (χ0) is 18.7. The highest BCUT2D eigenvalue weighted by molar-refractivity contribution is 6.31. The number of amides is 2. The van der Waals surface area contributed by atoms with E-state index < -0.39 is 6.10 Å². The lowest BCUT2D eigenvalue weighted by molar-refractivity contribution is -0.127. The molecule has 3 rings (SSSR count). The average Bonchev–Trinajstić information content (AvgIpc) is 2.98. The van der Waals surface area contributed by atoms with Crippen molar-refractivity contribution < 1.29 is 14.4 Å². The third kappa shape index (κ3) is 4.09. The molecule has 3 aromatic rings. The SMILES string of the molecule is CC(=O)Nc1ccc(NC(=O)[C@@H](C)On2nnc3ccc(Cl)cc32)cc1. The number of benzene rings is 2. The van der Waals surface area contributed by atoms with E-state index in [1.165, 1.54) is 11.8 Å². The van der Waals surface area contributed by atoms with Gasteiger partial charge in [0.2, 0.25) is 12.0 Å². The molecule has 2 amide bonds. The Balaban J connectivity index is 1.65. The lowest BCUT2D eigenvalue weighted by Crippen LogP contribution is -2.35. The summed E-state index contributed by atoms with van der Waals surface area (Å²) >= 11 is 5.97. The Morgan fingerprint density at radius 2 is 1.77 bits per heavy atom. The van der Waals surface area contributed by atoms with Crippen LogP contribution in [0.1, 0.15) is 13.8 Å². The third-order valence-electron chi connectivity index (χ3n) is 3.48. The van der Waals surface area contributed by atoms with E-state index in [0.29, 0.717) is 27.4 Å². The minimum Gasteiger partial charge on any atom is -0.382 e. The van der Waals surface area contributed by atoms with Crippen molar-refractivity contribution >= 4 is 45.8 Å². The van der Waals surface area contributed by atoms with E-state index >= 15 is 0 Å². The van der Waals surface area contributed by atoms with Crippen molar-refractivity contribution in [3.05, 3.63) is 47.5 Å². The van der Waals surface area contributed by atoms with Crippen LogP contribution in [0.25, 0.3) is 11.0 Å². The Morgan fingerprint density at radius 3 is 2.42 bits per heavy atom. The predicted octanol–water partition coefficient (Wildman–Crippen LogP) is 2.50. The molecule has 2 N–H and O–H groups in total. The molecule has 1 heterocycles. The minimum absolute atomic E-state index is 0.163. The molecular weight excluding hydrogens is 358 g/mol. The summed E-state index contributed by atoms with van der Waals surface area (Å²) in [6, 6.07) is 11.8. The molecule has 0 unspecified atom stereocenters. The predicted molar refractivity (Wildman–Crippen MR) is 98.0 cm³/mol. The topological polar surface area (TPSA) is 98.1 Å². The Kier molecular flexibility index (Phi) is 5.04. The molecule has 0 radical (unpaired) electrons. The Hall–Kier alpha value is -3.13. The van der Waals surface area contributed by atoms with Crippen molar-refractivity contribution in [2.24, 2.45) is 0 Å². The average molecular weight is 374 g/mol. The molecule has 0 saturated heterocycles. The molecule has 134 valence electrons. The van der Waals surface area contributed by atoms with Crippen LogP contribution in [0.3, 0.4) is 0 Å². The zero-order valence-electron chi connectivity index (χ0n) is 14.1. The fraction of sp³-hybridized carbons (Fsp3) is 0.176. The smallest absolute Gasteiger partial charge is 0.267 e. The van der Waals surface area contributed by atoms with Crippen LogP contribution >= 0.6 is 11.6 Å². The maximum absolute atomic E-state index is 12.3. The molecule has 0 aliphatic rings. The first-order valence-corrected chi connectivity index (χ1v) is 8.17. The number of anilines is 2. The number of aromatic nitrogens is 3. The van der Waals surface area contributed by atoms with Gasteiger partial charge in [-0.3, -0.25) is 9.59 Å². The van der Waals surface area contributed by atoms with Crippen LogP contribution in [0.15, 0.2) is 42.5 Å². The number of nitrogens with one attached hydrogen (secondary N) is 2. The molecule has 0 bridgehead atoms. The highest BCUT2D eigenvalue weighted by Crippen LogP contribution is 2.17. The Morgan fingerprint density at radius 1 is 1.12 bits per heavy atom. The summed E-state index contributed by atoms with van der Waals surface area (Å²) in [6.07, 6.45) is -0.825. The van der Waals surface area contributed by atoms with Crippen molar-refractivity contribution in [3.8, 4) is 0 Å². The second kappa shape index (κ2) is 7.40. The van der Waals surface area contributed by atoms with Gasteiger partial charge in [0, 0.05) is 23.3 Å². The Bertz CT molecular complexity index is 955. The molecule has 1 atom stereocenters. The normalized spacial score (nSPS) is 11.8. The zero-order valence-corrected chi connectivity index (χ0v) is 14.8. The number of halogens is 1. The van der Waals surface area contributed by atoms with Gasteiger partial charge >= 0.3 is 0 Å². The quantitative estimate of drug-likeness (QED) is 0.716. The van der Waals surface area contributed by atoms with Gasteiger partial charge < -0.3 is 15.5 Å². The molecule has 0 saturated carbocycles. The van der Waals surface area contributed by atoms with Gasteiger partial charge in [-0.1, -0.05) is 16.4 Å². The Labute approximate surface area is 154 Å². The summed E-state index contributed by atoms with van der Waals surface area (Å²) in [5, 5.41) is 13.7. The van der Waals surface area contributed by atoms with Crippen LogP contribution in [-0.4, -0.2) is 33.1 Å². The van der Waals surface area contributed by atoms with Crippen LogP contribution in [0.5, 0.6) is 0 Å². The third-order valence-corrected chi connectivity index (χ3v) is 3.71. The van der Waals surface area contributed by atoms with Crippen LogP contribution < -0.4 is 15.5 Å². The first kappa shape index (κ1) is 17.7. The number of hydrogen-bond acceptors (Lipinski definition) is 5. The van der Waals surface area contributed by atoms with Gasteiger partial charge in [0.1, 0.15) is 11.0 Å². The van der Waals surface area contributed by atoms with Gasteiger partial charge in [-0.25, -0.2) is 0 Å². The van der Waals surface area contributed by atoms with Crippen LogP contribution in [0, 0.1) is 0 Å². The minimum atomic E-state index is -0.825. The van der Waals surface area contributed by atoms with E-state index in [0.717, 1.165) is 0 Å². The van der Waals surface area contributed by atoms with Crippen LogP contribution in [0.4, 0.5) is 11.4 Å². The first-order valence-electron chi connectivity index (χ1n) is 7.79. The molecule has 9 heteroatoms. The molecular formula is C17H16ClN5O3. The monoisotopic (exact) mass is 373 g/mol. The standard InChI is InChI=1S/C17H16ClN5O3/c1-10(26-23-16-9-12(18)3-8-15(16)21-22-23)17(25)20-14-6-4-13(5-7-14)19-11(2)24/h3-10H,1-2H3,(H,19,24)(H,20,25)/t10-/m1/s1. The van der Waals surface area contributed by atoms with Gasteiger partial charge in [0.25, 0.3) is 5.91 Å². The highest BCUT2D eigenvalue weighted by atomic mass is 35.5. The number of rotatable bonds is 5. The van der Waals surface area contributed by atoms with Gasteiger partial charge in [0.15, 0.2) is 0 Å². The summed E-state index contributed by atoms with van der Waals surface area (Å²) in [6.45, 7) is 3.02.